The van der Waals surface area contributed by atoms with Crippen LogP contribution in [0.15, 0.2) is 152 Å². The summed E-state index contributed by atoms with van der Waals surface area (Å²) in [5.74, 6) is 1.21. The average molecular weight is 834 g/mol. The summed E-state index contributed by atoms with van der Waals surface area (Å²) in [6, 6.07) is 55.4. The zero-order chi connectivity index (χ0) is 30.2. The summed E-state index contributed by atoms with van der Waals surface area (Å²) in [6.45, 7) is 1.98. The number of rotatable bonds is 6. The van der Waals surface area contributed by atoms with Gasteiger partial charge in [-0.2, -0.15) is 0 Å². The van der Waals surface area contributed by atoms with Crippen LogP contribution in [0.3, 0.4) is 0 Å². The second kappa shape index (κ2) is 12.8. The van der Waals surface area contributed by atoms with Gasteiger partial charge in [0.15, 0.2) is 0 Å². The van der Waals surface area contributed by atoms with Crippen molar-refractivity contribution in [1.82, 2.24) is 9.88 Å². The molecule has 46 heavy (non-hydrogen) atoms. The van der Waals surface area contributed by atoms with Crippen molar-refractivity contribution in [3.8, 4) is 11.6 Å². The number of aromatic nitrogens is 1. The fourth-order valence-electron chi connectivity index (χ4n) is 6.89. The van der Waals surface area contributed by atoms with E-state index in [0.29, 0.717) is 11.6 Å². The molecule has 0 saturated carbocycles. The van der Waals surface area contributed by atoms with Gasteiger partial charge in [-0.25, -0.2) is 0 Å². The molecule has 2 aliphatic rings. The fourth-order valence-corrected chi connectivity index (χ4v) is 17.8. The van der Waals surface area contributed by atoms with Gasteiger partial charge in [0, 0.05) is 21.1 Å². The van der Waals surface area contributed by atoms with Gasteiger partial charge in [0.05, 0.1) is 0 Å². The number of nitrogens with zero attached hydrogens (tertiary/aromatic N) is 3. The Labute approximate surface area is 288 Å². The Hall–Kier alpha value is -4.31. The smallest absolute Gasteiger partial charge is 0 e. The van der Waals surface area contributed by atoms with E-state index in [2.05, 4.69) is 150 Å². The number of fused-ring (bicyclic) bond motifs is 2. The van der Waals surface area contributed by atoms with Crippen molar-refractivity contribution in [2.24, 2.45) is 0 Å². The molecule has 1 aromatic heterocycles. The minimum absolute atomic E-state index is 0. The first-order chi connectivity index (χ1) is 22.2. The van der Waals surface area contributed by atoms with E-state index >= 15 is 0 Å². The maximum Gasteiger partial charge on any atom is 0 e. The maximum absolute atomic E-state index is 6.33. The van der Waals surface area contributed by atoms with Crippen molar-refractivity contribution in [2.45, 2.75) is 0 Å². The topological polar surface area (TPSA) is 28.6 Å². The third kappa shape index (κ3) is 5.22. The molecule has 0 N–H and O–H groups in total. The quantitative estimate of drug-likeness (QED) is 0.191. The summed E-state index contributed by atoms with van der Waals surface area (Å²) >= 11 is -3.53. The molecule has 0 atom stereocenters. The van der Waals surface area contributed by atoms with Gasteiger partial charge in [0.2, 0.25) is 0 Å². The van der Waals surface area contributed by atoms with Crippen LogP contribution >= 0.6 is 0 Å². The third-order valence-electron chi connectivity index (χ3n) is 8.74. The van der Waals surface area contributed by atoms with E-state index in [1.165, 1.54) is 23.0 Å². The molecule has 4 nitrogen and oxygen atoms in total. The van der Waals surface area contributed by atoms with Crippen LogP contribution in [-0.4, -0.2) is 36.9 Å². The molecule has 0 radical (unpaired) electrons. The summed E-state index contributed by atoms with van der Waals surface area (Å²) in [6.07, 6.45) is 5.86. The van der Waals surface area contributed by atoms with E-state index in [0.717, 1.165) is 16.6 Å². The van der Waals surface area contributed by atoms with Crippen LogP contribution in [0, 0.1) is 18.8 Å². The van der Waals surface area contributed by atoms with Crippen molar-refractivity contribution in [3.05, 3.63) is 171 Å². The molecule has 0 fully saturated rings. The molecular weight excluding hydrogens is 805 g/mol. The van der Waals surface area contributed by atoms with Crippen LogP contribution in [0.4, 0.5) is 5.69 Å². The molecule has 3 heterocycles. The first-order valence-electron chi connectivity index (χ1n) is 15.1. The molecular formula is C39H29BGeN3OPt-3. The molecule has 5 aromatic carbocycles. The minimum atomic E-state index is -3.53. The van der Waals surface area contributed by atoms with E-state index in [1.54, 1.807) is 6.20 Å². The van der Waals surface area contributed by atoms with Gasteiger partial charge in [0.1, 0.15) is 0 Å². The van der Waals surface area contributed by atoms with Gasteiger partial charge in [0.25, 0.3) is 0 Å². The Morgan fingerprint density at radius 2 is 1.41 bits per heavy atom. The minimum Gasteiger partial charge on any atom is 0 e. The van der Waals surface area contributed by atoms with Crippen LogP contribution < -0.4 is 43.6 Å². The normalized spacial score (nSPS) is 14.3. The summed E-state index contributed by atoms with van der Waals surface area (Å²) in [5, 5.41) is 0. The Balaban J connectivity index is 0.00000338. The molecule has 8 rings (SSSR count). The Morgan fingerprint density at radius 1 is 0.696 bits per heavy atom. The van der Waals surface area contributed by atoms with E-state index in [-0.39, 0.29) is 27.8 Å². The predicted molar refractivity (Wildman–Crippen MR) is 187 cm³/mol. The second-order valence-corrected chi connectivity index (χ2v) is 19.2. The average Bonchev–Trinajstić information content (AvgIpc) is 3.54. The monoisotopic (exact) mass is 835 g/mol. The van der Waals surface area contributed by atoms with E-state index in [9.17, 15) is 0 Å². The number of hydrogen-bond donors (Lipinski definition) is 0. The van der Waals surface area contributed by atoms with Crippen molar-refractivity contribution < 1.29 is 25.8 Å². The Kier molecular flexibility index (Phi) is 8.46. The molecule has 0 bridgehead atoms. The number of hydrogen-bond acceptors (Lipinski definition) is 4. The van der Waals surface area contributed by atoms with Crippen LogP contribution in [-0.2, 0) is 21.1 Å². The Morgan fingerprint density at radius 3 is 2.11 bits per heavy atom. The Bertz CT molecular complexity index is 1970. The molecule has 7 heteroatoms. The van der Waals surface area contributed by atoms with Crippen LogP contribution in [0.2, 0.25) is 0 Å². The zero-order valence-electron chi connectivity index (χ0n) is 25.2. The summed E-state index contributed by atoms with van der Waals surface area (Å²) in [5.41, 5.74) is 4.54. The van der Waals surface area contributed by atoms with Crippen molar-refractivity contribution >= 4 is 59.6 Å². The molecule has 6 aromatic rings. The molecule has 226 valence electrons. The van der Waals surface area contributed by atoms with Crippen LogP contribution in [0.5, 0.6) is 11.6 Å². The molecule has 0 aliphatic carbocycles. The van der Waals surface area contributed by atoms with Crippen LogP contribution in [0.25, 0.3) is 0 Å². The zero-order valence-corrected chi connectivity index (χ0v) is 29.5. The fraction of sp³-hybridized carbons (Fsp3) is 0.0256. The van der Waals surface area contributed by atoms with E-state index in [1.807, 2.05) is 36.3 Å². The maximum atomic E-state index is 6.33. The van der Waals surface area contributed by atoms with Crippen molar-refractivity contribution in [3.63, 3.8) is 0 Å². The number of benzene rings is 5. The molecule has 0 saturated heterocycles. The van der Waals surface area contributed by atoms with Crippen molar-refractivity contribution in [1.29, 1.82) is 0 Å². The van der Waals surface area contributed by atoms with Crippen LogP contribution in [0.1, 0.15) is 0 Å². The second-order valence-electron chi connectivity index (χ2n) is 11.4. The van der Waals surface area contributed by atoms with Crippen molar-refractivity contribution in [2.75, 3.05) is 11.9 Å². The first-order valence-corrected chi connectivity index (χ1v) is 19.3. The van der Waals surface area contributed by atoms with Gasteiger partial charge in [-0.15, -0.1) is 0 Å². The predicted octanol–water partition coefficient (Wildman–Crippen LogP) is 3.02. The molecule has 0 unspecified atom stereocenters. The largest absolute Gasteiger partial charge is 0 e. The van der Waals surface area contributed by atoms with Gasteiger partial charge in [-0.05, 0) is 0 Å². The van der Waals surface area contributed by atoms with Gasteiger partial charge in [-0.3, -0.25) is 0 Å². The summed E-state index contributed by atoms with van der Waals surface area (Å²) in [7, 11) is 2.03. The SMILES string of the molecule is CN1C=CN(c2[c-]c(B3c4[c-]c(Oc5ccccn5)cc[c]4[Ge]([c]4ccccc4)([c]4ccccc4)[c]4ccccc43)ccc2)[CH-]1.[Pt]. The summed E-state index contributed by atoms with van der Waals surface area (Å²) in [4.78, 5) is 8.58. The standard InChI is InChI=1S/C39H29BGeN3O.Pt/c1-43-25-26-44(29-43)33-18-12-13-30(27-33)40-35-19-8-9-20-37(35)41(31-14-4-2-5-15-31,32-16-6-3-7-17-32)38-23-22-34(28-36(38)40)45-39-21-10-11-24-42-39;/h2-26,29H,1H3;/q-3;. The van der Waals surface area contributed by atoms with Gasteiger partial charge < -0.3 is 0 Å². The molecule has 0 spiro atoms. The van der Waals surface area contributed by atoms with Gasteiger partial charge in [-0.1, -0.05) is 0 Å². The number of anilines is 1. The molecule has 0 amide bonds. The first kappa shape index (κ1) is 30.3. The number of pyridine rings is 1. The van der Waals surface area contributed by atoms with E-state index < -0.39 is 13.3 Å². The third-order valence-corrected chi connectivity index (χ3v) is 19.0. The van der Waals surface area contributed by atoms with E-state index in [4.69, 9.17) is 4.74 Å². The number of ether oxygens (including phenoxy) is 1. The van der Waals surface area contributed by atoms with Gasteiger partial charge >= 0.3 is 269 Å². The summed E-state index contributed by atoms with van der Waals surface area (Å²) < 4.78 is 11.9. The molecule has 2 aliphatic heterocycles.